The van der Waals surface area contributed by atoms with Gasteiger partial charge in [0.2, 0.25) is 5.95 Å². The van der Waals surface area contributed by atoms with Crippen LogP contribution in [0.4, 0.5) is 17.6 Å². The van der Waals surface area contributed by atoms with Crippen molar-refractivity contribution in [3.05, 3.63) is 76.9 Å². The first-order chi connectivity index (χ1) is 18.0. The van der Waals surface area contributed by atoms with E-state index in [1.807, 2.05) is 17.0 Å². The molecule has 0 saturated carbocycles. The van der Waals surface area contributed by atoms with E-state index >= 15 is 0 Å². The Bertz CT molecular complexity index is 1270. The number of anilines is 3. The lowest BCUT2D eigenvalue weighted by Crippen LogP contribution is -2.45. The number of benzene rings is 2. The molecule has 3 aliphatic rings. The van der Waals surface area contributed by atoms with E-state index < -0.39 is 0 Å². The molecule has 0 bridgehead atoms. The van der Waals surface area contributed by atoms with Crippen molar-refractivity contribution in [3.63, 3.8) is 0 Å². The zero-order chi connectivity index (χ0) is 25.4. The molecule has 0 aliphatic carbocycles. The van der Waals surface area contributed by atoms with Crippen LogP contribution in [0.25, 0.3) is 0 Å². The summed E-state index contributed by atoms with van der Waals surface area (Å²) < 4.78 is 0. The number of amides is 1. The normalized spacial score (nSPS) is 20.2. The second kappa shape index (κ2) is 10.0. The molecule has 1 unspecified atom stereocenters. The highest BCUT2D eigenvalue weighted by atomic mass is 16.2. The zero-order valence-electron chi connectivity index (χ0n) is 21.5. The number of nitrogens with zero attached hydrogens (tertiary/aromatic N) is 6. The molecular formula is C29H35N7O. The second-order valence-electron chi connectivity index (χ2n) is 10.5. The monoisotopic (exact) mass is 497 g/mol. The molecule has 192 valence electrons. The molecule has 6 rings (SSSR count). The molecule has 4 heterocycles. The smallest absolute Gasteiger partial charge is 0.253 e. The molecule has 1 atom stereocenters. The Hall–Kier alpha value is -3.65. The van der Waals surface area contributed by atoms with Gasteiger partial charge in [-0.2, -0.15) is 9.97 Å². The van der Waals surface area contributed by atoms with E-state index in [1.54, 1.807) is 0 Å². The summed E-state index contributed by atoms with van der Waals surface area (Å²) in [5.74, 6) is 2.60. The van der Waals surface area contributed by atoms with Gasteiger partial charge >= 0.3 is 0 Å². The fraction of sp³-hybridized carbons (Fsp3) is 0.414. The highest BCUT2D eigenvalue weighted by molar-refractivity contribution is 5.94. The standard InChI is InChI=1S/C29H35N7O/c1-33-13-15-34(16-14-33)26-18-27(32-29(30)31-26)35-11-9-22-7-8-23(17-25(22)20-35)28(37)36-12-10-24(19-36)21-5-3-2-4-6-21/h2-8,17-18,24H,9-16,19-20H2,1H3,(H2,30,31,32). The van der Waals surface area contributed by atoms with Crippen LogP contribution in [0.2, 0.25) is 0 Å². The minimum atomic E-state index is 0.127. The molecule has 2 N–H and O–H groups in total. The van der Waals surface area contributed by atoms with E-state index in [4.69, 9.17) is 5.73 Å². The highest BCUT2D eigenvalue weighted by Crippen LogP contribution is 2.30. The molecule has 3 aliphatic heterocycles. The second-order valence-corrected chi connectivity index (χ2v) is 10.5. The maximum Gasteiger partial charge on any atom is 0.253 e. The van der Waals surface area contributed by atoms with Gasteiger partial charge in [-0.05, 0) is 48.7 Å². The lowest BCUT2D eigenvalue weighted by atomic mass is 9.96. The van der Waals surface area contributed by atoms with Crippen molar-refractivity contribution >= 4 is 23.5 Å². The van der Waals surface area contributed by atoms with Crippen LogP contribution < -0.4 is 15.5 Å². The van der Waals surface area contributed by atoms with Gasteiger partial charge in [-0.25, -0.2) is 0 Å². The Labute approximate surface area is 218 Å². The average molecular weight is 498 g/mol. The van der Waals surface area contributed by atoms with Gasteiger partial charge in [0, 0.05) is 69.9 Å². The van der Waals surface area contributed by atoms with E-state index in [2.05, 4.69) is 74.2 Å². The van der Waals surface area contributed by atoms with Crippen LogP contribution in [0.1, 0.15) is 39.4 Å². The van der Waals surface area contributed by atoms with Crippen LogP contribution in [0.5, 0.6) is 0 Å². The summed E-state index contributed by atoms with van der Waals surface area (Å²) >= 11 is 0. The number of likely N-dealkylation sites (N-methyl/N-ethyl adjacent to an activating group) is 1. The number of likely N-dealkylation sites (tertiary alicyclic amines) is 1. The van der Waals surface area contributed by atoms with Gasteiger partial charge in [-0.1, -0.05) is 36.4 Å². The number of nitrogens with two attached hydrogens (primary N) is 1. The van der Waals surface area contributed by atoms with Gasteiger partial charge in [-0.15, -0.1) is 0 Å². The Morgan fingerprint density at radius 1 is 0.865 bits per heavy atom. The van der Waals surface area contributed by atoms with Crippen LogP contribution in [0.15, 0.2) is 54.6 Å². The van der Waals surface area contributed by atoms with Crippen molar-refractivity contribution < 1.29 is 4.79 Å². The third-order valence-electron chi connectivity index (χ3n) is 8.08. The van der Waals surface area contributed by atoms with E-state index in [-0.39, 0.29) is 5.91 Å². The molecule has 37 heavy (non-hydrogen) atoms. The van der Waals surface area contributed by atoms with Crippen LogP contribution in [0, 0.1) is 0 Å². The first-order valence-electron chi connectivity index (χ1n) is 13.3. The van der Waals surface area contributed by atoms with Crippen LogP contribution >= 0.6 is 0 Å². The Kier molecular flexibility index (Phi) is 6.42. The summed E-state index contributed by atoms with van der Waals surface area (Å²) in [6.07, 6.45) is 1.93. The Morgan fingerprint density at radius 3 is 2.41 bits per heavy atom. The number of hydrogen-bond acceptors (Lipinski definition) is 7. The molecular weight excluding hydrogens is 462 g/mol. The van der Waals surface area contributed by atoms with Gasteiger partial charge in [0.25, 0.3) is 5.91 Å². The zero-order valence-corrected chi connectivity index (χ0v) is 21.5. The minimum absolute atomic E-state index is 0.127. The van der Waals surface area contributed by atoms with Gasteiger partial charge in [0.05, 0.1) is 0 Å². The van der Waals surface area contributed by atoms with E-state index in [0.29, 0.717) is 18.4 Å². The number of carbonyl (C=O) groups is 1. The largest absolute Gasteiger partial charge is 0.368 e. The molecule has 1 amide bonds. The number of aromatic nitrogens is 2. The molecule has 0 spiro atoms. The topological polar surface area (TPSA) is 81.8 Å². The fourth-order valence-electron chi connectivity index (χ4n) is 5.81. The predicted octanol–water partition coefficient (Wildman–Crippen LogP) is 3.00. The van der Waals surface area contributed by atoms with Gasteiger partial charge in [-0.3, -0.25) is 4.79 Å². The van der Waals surface area contributed by atoms with Crippen molar-refractivity contribution in [3.8, 4) is 0 Å². The van der Waals surface area contributed by atoms with Crippen LogP contribution in [-0.4, -0.2) is 78.5 Å². The Balaban J connectivity index is 1.17. The number of piperazine rings is 1. The highest BCUT2D eigenvalue weighted by Gasteiger charge is 2.29. The van der Waals surface area contributed by atoms with E-state index in [1.165, 1.54) is 16.7 Å². The molecule has 1 aromatic heterocycles. The quantitative estimate of drug-likeness (QED) is 0.593. The van der Waals surface area contributed by atoms with Crippen molar-refractivity contribution in [2.75, 3.05) is 68.4 Å². The molecule has 2 saturated heterocycles. The molecule has 3 aromatic rings. The van der Waals surface area contributed by atoms with Gasteiger partial charge < -0.3 is 25.3 Å². The Morgan fingerprint density at radius 2 is 1.62 bits per heavy atom. The van der Waals surface area contributed by atoms with E-state index in [9.17, 15) is 4.79 Å². The summed E-state index contributed by atoms with van der Waals surface area (Å²) in [7, 11) is 2.15. The van der Waals surface area contributed by atoms with Gasteiger partial charge in [0.1, 0.15) is 11.6 Å². The lowest BCUT2D eigenvalue weighted by molar-refractivity contribution is 0.0790. The molecule has 8 heteroatoms. The summed E-state index contributed by atoms with van der Waals surface area (Å²) in [6, 6.07) is 18.8. The van der Waals surface area contributed by atoms with Crippen LogP contribution in [0.3, 0.4) is 0 Å². The van der Waals surface area contributed by atoms with Crippen LogP contribution in [-0.2, 0) is 13.0 Å². The van der Waals surface area contributed by atoms with E-state index in [0.717, 1.165) is 75.9 Å². The molecule has 8 nitrogen and oxygen atoms in total. The van der Waals surface area contributed by atoms with Crippen molar-refractivity contribution in [2.45, 2.75) is 25.3 Å². The first-order valence-corrected chi connectivity index (χ1v) is 13.3. The lowest BCUT2D eigenvalue weighted by Gasteiger charge is -2.34. The predicted molar refractivity (Wildman–Crippen MR) is 147 cm³/mol. The molecule has 0 radical (unpaired) electrons. The van der Waals surface area contributed by atoms with Gasteiger partial charge in [0.15, 0.2) is 0 Å². The fourth-order valence-corrected chi connectivity index (χ4v) is 5.81. The average Bonchev–Trinajstić information content (AvgIpc) is 3.43. The molecule has 2 fully saturated rings. The summed E-state index contributed by atoms with van der Waals surface area (Å²) in [6.45, 7) is 7.04. The maximum atomic E-state index is 13.4. The maximum absolute atomic E-state index is 13.4. The summed E-state index contributed by atoms with van der Waals surface area (Å²) in [5.41, 5.74) is 10.7. The van der Waals surface area contributed by atoms with Crippen molar-refractivity contribution in [1.29, 1.82) is 0 Å². The first kappa shape index (κ1) is 23.7. The number of rotatable bonds is 4. The number of carbonyl (C=O) groups excluding carboxylic acids is 1. The summed E-state index contributed by atoms with van der Waals surface area (Å²) in [5, 5.41) is 0. The minimum Gasteiger partial charge on any atom is -0.368 e. The SMILES string of the molecule is CN1CCN(c2cc(N3CCc4ccc(C(=O)N5CCC(c6ccccc6)C5)cc4C3)nc(N)n2)CC1. The molecule has 2 aromatic carbocycles. The summed E-state index contributed by atoms with van der Waals surface area (Å²) in [4.78, 5) is 31.4. The third kappa shape index (κ3) is 4.98. The van der Waals surface area contributed by atoms with Crippen molar-refractivity contribution in [2.24, 2.45) is 0 Å². The number of hydrogen-bond donors (Lipinski definition) is 1. The third-order valence-corrected chi connectivity index (χ3v) is 8.08. The number of fused-ring (bicyclic) bond motifs is 1. The number of nitrogen functional groups attached to an aromatic ring is 1. The van der Waals surface area contributed by atoms with Crippen molar-refractivity contribution in [1.82, 2.24) is 19.8 Å².